The summed E-state index contributed by atoms with van der Waals surface area (Å²) in [6, 6.07) is -0.0482. The summed E-state index contributed by atoms with van der Waals surface area (Å²) in [7, 11) is 0. The van der Waals surface area contributed by atoms with Gasteiger partial charge in [-0.25, -0.2) is 4.79 Å². The molecule has 0 radical (unpaired) electrons. The summed E-state index contributed by atoms with van der Waals surface area (Å²) in [6.07, 6.45) is 5.41. The minimum absolute atomic E-state index is 0.0482. The molecule has 5 heteroatoms. The summed E-state index contributed by atoms with van der Waals surface area (Å²) in [5.41, 5.74) is 5.91. The van der Waals surface area contributed by atoms with E-state index in [0.717, 1.165) is 25.7 Å². The fraction of sp³-hybridized carbons (Fsp3) is 0.600. The van der Waals surface area contributed by atoms with E-state index >= 15 is 0 Å². The number of hydrogen-bond donors (Lipinski definition) is 2. The van der Waals surface area contributed by atoms with Crippen molar-refractivity contribution in [3.63, 3.8) is 0 Å². The number of anilines is 1. The first-order valence-electron chi connectivity index (χ1n) is 5.18. The van der Waals surface area contributed by atoms with Crippen molar-refractivity contribution in [3.8, 4) is 0 Å². The topological polar surface area (TPSA) is 89.3 Å². The molecule has 0 spiro atoms. The van der Waals surface area contributed by atoms with E-state index in [4.69, 9.17) is 15.3 Å². The number of carbonyl (C=O) groups is 1. The van der Waals surface area contributed by atoms with Gasteiger partial charge in [-0.3, -0.25) is 0 Å². The van der Waals surface area contributed by atoms with Crippen LogP contribution in [0.25, 0.3) is 0 Å². The second-order valence-corrected chi connectivity index (χ2v) is 3.91. The van der Waals surface area contributed by atoms with Crippen molar-refractivity contribution in [2.45, 2.75) is 38.0 Å². The number of nitrogens with zero attached hydrogens (tertiary/aromatic N) is 1. The highest BCUT2D eigenvalue weighted by Gasteiger charge is 2.26. The molecule has 0 bridgehead atoms. The first-order valence-corrected chi connectivity index (χ1v) is 5.18. The number of aromatic nitrogens is 1. The molecule has 0 amide bonds. The maximum atomic E-state index is 10.9. The molecule has 1 fully saturated rings. The third-order valence-electron chi connectivity index (χ3n) is 2.86. The van der Waals surface area contributed by atoms with E-state index in [9.17, 15) is 4.79 Å². The molecule has 0 aromatic carbocycles. The van der Waals surface area contributed by atoms with Crippen LogP contribution in [0.5, 0.6) is 0 Å². The molecule has 5 nitrogen and oxygen atoms in total. The Labute approximate surface area is 87.3 Å². The Balaban J connectivity index is 2.28. The molecule has 3 N–H and O–H groups in total. The second kappa shape index (κ2) is 3.92. The van der Waals surface area contributed by atoms with Gasteiger partial charge in [-0.05, 0) is 12.8 Å². The first-order chi connectivity index (χ1) is 7.18. The first kappa shape index (κ1) is 10.0. The van der Waals surface area contributed by atoms with Crippen molar-refractivity contribution in [1.82, 2.24) is 4.98 Å². The van der Waals surface area contributed by atoms with Crippen molar-refractivity contribution in [2.24, 2.45) is 0 Å². The zero-order valence-corrected chi connectivity index (χ0v) is 8.40. The van der Waals surface area contributed by atoms with Gasteiger partial charge in [0.15, 0.2) is 0 Å². The predicted octanol–water partition coefficient (Wildman–Crippen LogP) is 2.00. The van der Waals surface area contributed by atoms with E-state index in [-0.39, 0.29) is 17.7 Å². The van der Waals surface area contributed by atoms with Crippen LogP contribution in [0.4, 0.5) is 6.01 Å². The van der Waals surface area contributed by atoms with Crippen molar-refractivity contribution in [3.05, 3.63) is 11.5 Å². The van der Waals surface area contributed by atoms with E-state index < -0.39 is 5.97 Å². The number of hydrogen-bond acceptors (Lipinski definition) is 4. The lowest BCUT2D eigenvalue weighted by atomic mass is 9.86. The van der Waals surface area contributed by atoms with Gasteiger partial charge in [-0.15, -0.1) is 0 Å². The molecule has 1 aromatic heterocycles. The Morgan fingerprint density at radius 2 is 2.07 bits per heavy atom. The van der Waals surface area contributed by atoms with Crippen LogP contribution in [0.3, 0.4) is 0 Å². The van der Waals surface area contributed by atoms with Crippen molar-refractivity contribution in [2.75, 3.05) is 5.73 Å². The van der Waals surface area contributed by atoms with Crippen LogP contribution in [-0.4, -0.2) is 16.1 Å². The quantitative estimate of drug-likeness (QED) is 0.779. The number of oxazole rings is 1. The van der Waals surface area contributed by atoms with Crippen LogP contribution >= 0.6 is 0 Å². The SMILES string of the molecule is Nc1nc(C2CCCCC2)c(C(=O)O)o1. The molecule has 0 aliphatic heterocycles. The normalized spacial score (nSPS) is 17.9. The maximum absolute atomic E-state index is 10.9. The van der Waals surface area contributed by atoms with Crippen LogP contribution in [0, 0.1) is 0 Å². The van der Waals surface area contributed by atoms with Crippen LogP contribution in [0.2, 0.25) is 0 Å². The highest BCUT2D eigenvalue weighted by atomic mass is 16.4. The summed E-state index contributed by atoms with van der Waals surface area (Å²) in [5.74, 6) is -0.968. The highest BCUT2D eigenvalue weighted by Crippen LogP contribution is 2.34. The fourth-order valence-corrected chi connectivity index (χ4v) is 2.16. The molecule has 0 atom stereocenters. The predicted molar refractivity (Wildman–Crippen MR) is 53.7 cm³/mol. The summed E-state index contributed by atoms with van der Waals surface area (Å²) >= 11 is 0. The number of carboxylic acid groups (broad SMARTS) is 1. The van der Waals surface area contributed by atoms with Crippen molar-refractivity contribution in [1.29, 1.82) is 0 Å². The molecule has 1 aromatic rings. The number of aromatic carboxylic acids is 1. The Hall–Kier alpha value is -1.52. The minimum Gasteiger partial charge on any atom is -0.475 e. The molecule has 0 saturated heterocycles. The van der Waals surface area contributed by atoms with Gasteiger partial charge in [0, 0.05) is 5.92 Å². The van der Waals surface area contributed by atoms with Gasteiger partial charge in [-0.2, -0.15) is 4.98 Å². The molecule has 1 heterocycles. The zero-order valence-electron chi connectivity index (χ0n) is 8.40. The van der Waals surface area contributed by atoms with Crippen LogP contribution in [-0.2, 0) is 0 Å². The molecule has 15 heavy (non-hydrogen) atoms. The number of nitrogen functional groups attached to an aromatic ring is 1. The van der Waals surface area contributed by atoms with Gasteiger partial charge in [0.2, 0.25) is 5.76 Å². The van der Waals surface area contributed by atoms with Crippen LogP contribution in [0.1, 0.15) is 54.3 Å². The highest BCUT2D eigenvalue weighted by molar-refractivity contribution is 5.86. The standard InChI is InChI=1S/C10H14N2O3/c11-10-12-7(8(15-10)9(13)14)6-4-2-1-3-5-6/h6H,1-5H2,(H2,11,12)(H,13,14). The van der Waals surface area contributed by atoms with Crippen molar-refractivity contribution >= 4 is 12.0 Å². The van der Waals surface area contributed by atoms with E-state index in [1.54, 1.807) is 0 Å². The average Bonchev–Trinajstić information content (AvgIpc) is 2.62. The summed E-state index contributed by atoms with van der Waals surface area (Å²) in [6.45, 7) is 0. The summed E-state index contributed by atoms with van der Waals surface area (Å²) in [5, 5.41) is 8.92. The zero-order chi connectivity index (χ0) is 10.8. The lowest BCUT2D eigenvalue weighted by molar-refractivity contribution is 0.0660. The molecule has 82 valence electrons. The van der Waals surface area contributed by atoms with E-state index in [0.29, 0.717) is 5.69 Å². The second-order valence-electron chi connectivity index (χ2n) is 3.91. The van der Waals surface area contributed by atoms with Gasteiger partial charge in [-0.1, -0.05) is 19.3 Å². The largest absolute Gasteiger partial charge is 0.475 e. The van der Waals surface area contributed by atoms with Gasteiger partial charge in [0.25, 0.3) is 6.01 Å². The van der Waals surface area contributed by atoms with E-state index in [1.165, 1.54) is 6.42 Å². The van der Waals surface area contributed by atoms with E-state index in [1.807, 2.05) is 0 Å². The van der Waals surface area contributed by atoms with Gasteiger partial charge in [0.05, 0.1) is 5.69 Å². The van der Waals surface area contributed by atoms with E-state index in [2.05, 4.69) is 4.98 Å². The van der Waals surface area contributed by atoms with Crippen LogP contribution in [0.15, 0.2) is 4.42 Å². The van der Waals surface area contributed by atoms with Crippen LogP contribution < -0.4 is 5.73 Å². The maximum Gasteiger partial charge on any atom is 0.373 e. The summed E-state index contributed by atoms with van der Waals surface area (Å²) < 4.78 is 4.90. The molecular formula is C10H14N2O3. The Kier molecular flexibility index (Phi) is 2.62. The lowest BCUT2D eigenvalue weighted by Gasteiger charge is -2.19. The molecule has 1 aliphatic rings. The molecular weight excluding hydrogens is 196 g/mol. The summed E-state index contributed by atoms with van der Waals surface area (Å²) in [4.78, 5) is 14.9. The Morgan fingerprint density at radius 3 is 2.67 bits per heavy atom. The Morgan fingerprint density at radius 1 is 1.40 bits per heavy atom. The number of nitrogens with two attached hydrogens (primary N) is 1. The van der Waals surface area contributed by atoms with Gasteiger partial charge < -0.3 is 15.3 Å². The molecule has 2 rings (SSSR count). The third-order valence-corrected chi connectivity index (χ3v) is 2.86. The van der Waals surface area contributed by atoms with Crippen molar-refractivity contribution < 1.29 is 14.3 Å². The lowest BCUT2D eigenvalue weighted by Crippen LogP contribution is -2.09. The number of carboxylic acids is 1. The minimum atomic E-state index is -1.08. The Bertz CT molecular complexity index is 367. The fourth-order valence-electron chi connectivity index (χ4n) is 2.16. The van der Waals surface area contributed by atoms with Gasteiger partial charge in [0.1, 0.15) is 0 Å². The monoisotopic (exact) mass is 210 g/mol. The smallest absolute Gasteiger partial charge is 0.373 e. The molecule has 1 aliphatic carbocycles. The molecule has 0 unspecified atom stereocenters. The number of rotatable bonds is 2. The van der Waals surface area contributed by atoms with Gasteiger partial charge >= 0.3 is 5.97 Å². The third kappa shape index (κ3) is 1.95. The molecule has 1 saturated carbocycles. The average molecular weight is 210 g/mol.